The molecule has 0 aliphatic carbocycles. The maximum atomic E-state index is 13.5. The number of nitrogens with zero attached hydrogens (tertiary/aromatic N) is 2. The van der Waals surface area contributed by atoms with Crippen LogP contribution < -0.4 is 4.74 Å². The highest BCUT2D eigenvalue weighted by atomic mass is 19.1. The van der Waals surface area contributed by atoms with Crippen molar-refractivity contribution in [2.24, 2.45) is 0 Å². The van der Waals surface area contributed by atoms with Crippen molar-refractivity contribution in [3.63, 3.8) is 0 Å². The zero-order valence-electron chi connectivity index (χ0n) is 12.4. The number of rotatable bonds is 5. The molecule has 1 aromatic rings. The molecule has 1 amide bonds. The number of amides is 1. The van der Waals surface area contributed by atoms with Crippen molar-refractivity contribution in [1.29, 1.82) is 0 Å². The molecule has 2 rings (SSSR count). The van der Waals surface area contributed by atoms with Gasteiger partial charge in [-0.3, -0.25) is 4.79 Å². The molecular weight excluding hydrogens is 275 g/mol. The van der Waals surface area contributed by atoms with Crippen LogP contribution in [0.2, 0.25) is 0 Å². The van der Waals surface area contributed by atoms with E-state index < -0.39 is 5.82 Å². The molecule has 0 radical (unpaired) electrons. The number of carbonyl (C=O) groups is 1. The predicted octanol–water partition coefficient (Wildman–Crippen LogP) is 0.994. The summed E-state index contributed by atoms with van der Waals surface area (Å²) >= 11 is 0. The van der Waals surface area contributed by atoms with E-state index in [0.717, 1.165) is 6.54 Å². The van der Waals surface area contributed by atoms with E-state index in [1.165, 1.54) is 12.1 Å². The molecule has 1 heterocycles. The smallest absolute Gasteiger partial charge is 0.260 e. The molecule has 1 atom stereocenters. The van der Waals surface area contributed by atoms with E-state index in [2.05, 4.69) is 0 Å². The van der Waals surface area contributed by atoms with Crippen LogP contribution in [0.4, 0.5) is 4.39 Å². The van der Waals surface area contributed by atoms with E-state index >= 15 is 0 Å². The van der Waals surface area contributed by atoms with Gasteiger partial charge in [-0.25, -0.2) is 4.39 Å². The van der Waals surface area contributed by atoms with E-state index in [1.54, 1.807) is 17.0 Å². The van der Waals surface area contributed by atoms with E-state index in [0.29, 0.717) is 19.8 Å². The quantitative estimate of drug-likeness (QED) is 0.813. The largest absolute Gasteiger partial charge is 0.481 e. The second kappa shape index (κ2) is 7.38. The molecule has 0 N–H and O–H groups in total. The molecule has 5 nitrogen and oxygen atoms in total. The lowest BCUT2D eigenvalue weighted by Crippen LogP contribution is -2.53. The molecule has 0 spiro atoms. The van der Waals surface area contributed by atoms with E-state index in [4.69, 9.17) is 9.47 Å². The molecule has 1 aliphatic heterocycles. The Morgan fingerprint density at radius 1 is 1.48 bits per heavy atom. The predicted molar refractivity (Wildman–Crippen MR) is 76.8 cm³/mol. The van der Waals surface area contributed by atoms with Crippen LogP contribution in [-0.2, 0) is 9.53 Å². The Morgan fingerprint density at radius 2 is 2.24 bits per heavy atom. The van der Waals surface area contributed by atoms with Gasteiger partial charge in [-0.2, -0.15) is 0 Å². The number of benzene rings is 1. The van der Waals surface area contributed by atoms with Crippen LogP contribution in [-0.4, -0.2) is 68.8 Å². The molecule has 1 unspecified atom stereocenters. The highest BCUT2D eigenvalue weighted by Crippen LogP contribution is 2.16. The minimum Gasteiger partial charge on any atom is -0.481 e. The molecule has 1 saturated heterocycles. The third kappa shape index (κ3) is 4.41. The molecule has 0 bridgehead atoms. The Balaban J connectivity index is 1.93. The van der Waals surface area contributed by atoms with Gasteiger partial charge in [-0.05, 0) is 26.2 Å². The van der Waals surface area contributed by atoms with Crippen molar-refractivity contribution in [3.05, 3.63) is 30.1 Å². The summed E-state index contributed by atoms with van der Waals surface area (Å²) < 4.78 is 24.2. The first-order valence-electron chi connectivity index (χ1n) is 6.97. The summed E-state index contributed by atoms with van der Waals surface area (Å²) in [7, 11) is 3.90. The van der Waals surface area contributed by atoms with Gasteiger partial charge in [0.2, 0.25) is 0 Å². The van der Waals surface area contributed by atoms with E-state index in [9.17, 15) is 9.18 Å². The maximum Gasteiger partial charge on any atom is 0.260 e. The molecule has 21 heavy (non-hydrogen) atoms. The maximum absolute atomic E-state index is 13.5. The molecule has 6 heteroatoms. The van der Waals surface area contributed by atoms with Crippen molar-refractivity contribution < 1.29 is 18.7 Å². The van der Waals surface area contributed by atoms with Crippen molar-refractivity contribution in [3.8, 4) is 5.75 Å². The van der Waals surface area contributed by atoms with Crippen molar-refractivity contribution in [1.82, 2.24) is 9.80 Å². The monoisotopic (exact) mass is 296 g/mol. The second-order valence-electron chi connectivity index (χ2n) is 5.30. The van der Waals surface area contributed by atoms with Crippen LogP contribution in [0.1, 0.15) is 0 Å². The average molecular weight is 296 g/mol. The van der Waals surface area contributed by atoms with Crippen LogP contribution in [0.3, 0.4) is 0 Å². The standard InChI is InChI=1S/C15H21FN2O3/c1-17(2)9-12-10-20-8-7-18(12)15(19)11-21-14-6-4-3-5-13(14)16/h3-6,12H,7-11H2,1-2H3. The van der Waals surface area contributed by atoms with Gasteiger partial charge in [0.25, 0.3) is 5.91 Å². The third-order valence-electron chi connectivity index (χ3n) is 3.31. The van der Waals surface area contributed by atoms with Crippen LogP contribution in [0.15, 0.2) is 24.3 Å². The van der Waals surface area contributed by atoms with Gasteiger partial charge < -0.3 is 19.3 Å². The number of likely N-dealkylation sites (N-methyl/N-ethyl adjacent to an activating group) is 1. The number of para-hydroxylation sites is 1. The SMILES string of the molecule is CN(C)CC1COCCN1C(=O)COc1ccccc1F. The fourth-order valence-corrected chi connectivity index (χ4v) is 2.34. The molecule has 0 saturated carbocycles. The molecule has 1 aromatic carbocycles. The molecule has 1 fully saturated rings. The second-order valence-corrected chi connectivity index (χ2v) is 5.30. The van der Waals surface area contributed by atoms with Gasteiger partial charge in [0.15, 0.2) is 18.2 Å². The fourth-order valence-electron chi connectivity index (χ4n) is 2.34. The minimum absolute atomic E-state index is 0.00507. The summed E-state index contributed by atoms with van der Waals surface area (Å²) in [5.74, 6) is -0.506. The molecule has 116 valence electrons. The highest BCUT2D eigenvalue weighted by Gasteiger charge is 2.28. The number of halogens is 1. The van der Waals surface area contributed by atoms with E-state index in [-0.39, 0.29) is 24.3 Å². The Kier molecular flexibility index (Phi) is 5.52. The normalized spacial score (nSPS) is 18.9. The van der Waals surface area contributed by atoms with E-state index in [1.807, 2.05) is 19.0 Å². The van der Waals surface area contributed by atoms with Crippen molar-refractivity contribution >= 4 is 5.91 Å². The zero-order chi connectivity index (χ0) is 15.2. The number of ether oxygens (including phenoxy) is 2. The first-order chi connectivity index (χ1) is 10.1. The minimum atomic E-state index is -0.461. The molecule has 0 aromatic heterocycles. The lowest BCUT2D eigenvalue weighted by molar-refractivity contribution is -0.142. The number of hydrogen-bond donors (Lipinski definition) is 0. The molecular formula is C15H21FN2O3. The average Bonchev–Trinajstić information content (AvgIpc) is 2.46. The Bertz CT molecular complexity index is 482. The van der Waals surface area contributed by atoms with Crippen LogP contribution in [0.25, 0.3) is 0 Å². The summed E-state index contributed by atoms with van der Waals surface area (Å²) in [6.07, 6.45) is 0. The third-order valence-corrected chi connectivity index (χ3v) is 3.31. The van der Waals surface area contributed by atoms with Crippen molar-refractivity contribution in [2.75, 3.05) is 47.0 Å². The number of hydrogen-bond acceptors (Lipinski definition) is 4. The van der Waals surface area contributed by atoms with Gasteiger partial charge in [0.1, 0.15) is 0 Å². The topological polar surface area (TPSA) is 42.0 Å². The van der Waals surface area contributed by atoms with Gasteiger partial charge in [-0.15, -0.1) is 0 Å². The fraction of sp³-hybridized carbons (Fsp3) is 0.533. The highest BCUT2D eigenvalue weighted by molar-refractivity contribution is 5.78. The lowest BCUT2D eigenvalue weighted by atomic mass is 10.2. The summed E-state index contributed by atoms with van der Waals surface area (Å²) in [5.41, 5.74) is 0. The number of morpholine rings is 1. The summed E-state index contributed by atoms with van der Waals surface area (Å²) in [6.45, 7) is 2.15. The van der Waals surface area contributed by atoms with Crippen molar-refractivity contribution in [2.45, 2.75) is 6.04 Å². The summed E-state index contributed by atoms with van der Waals surface area (Å²) in [6, 6.07) is 6.08. The Morgan fingerprint density at radius 3 is 2.95 bits per heavy atom. The van der Waals surface area contributed by atoms with Gasteiger partial charge in [-0.1, -0.05) is 12.1 Å². The van der Waals surface area contributed by atoms with Gasteiger partial charge in [0, 0.05) is 13.1 Å². The Labute approximate surface area is 124 Å². The Hall–Kier alpha value is -1.66. The first kappa shape index (κ1) is 15.7. The van der Waals surface area contributed by atoms with Crippen LogP contribution >= 0.6 is 0 Å². The van der Waals surface area contributed by atoms with Gasteiger partial charge >= 0.3 is 0 Å². The summed E-state index contributed by atoms with van der Waals surface area (Å²) in [4.78, 5) is 16.0. The zero-order valence-corrected chi connectivity index (χ0v) is 12.4. The van der Waals surface area contributed by atoms with Crippen LogP contribution in [0.5, 0.6) is 5.75 Å². The van der Waals surface area contributed by atoms with Gasteiger partial charge in [0.05, 0.1) is 19.3 Å². The number of carbonyl (C=O) groups excluding carboxylic acids is 1. The lowest BCUT2D eigenvalue weighted by Gasteiger charge is -2.36. The van der Waals surface area contributed by atoms with Crippen LogP contribution in [0, 0.1) is 5.82 Å². The molecule has 1 aliphatic rings. The first-order valence-corrected chi connectivity index (χ1v) is 6.97. The summed E-state index contributed by atoms with van der Waals surface area (Å²) in [5, 5.41) is 0.